The molecule has 1 aromatic rings. The van der Waals surface area contributed by atoms with Gasteiger partial charge in [-0.3, -0.25) is 0 Å². The zero-order valence-electron chi connectivity index (χ0n) is 8.68. The SMILES string of the molecule is Cc1c(F)cc(C#N)cc1NCC1CC1. The van der Waals surface area contributed by atoms with Crippen LogP contribution >= 0.6 is 0 Å². The van der Waals surface area contributed by atoms with Crippen molar-refractivity contribution < 1.29 is 4.39 Å². The van der Waals surface area contributed by atoms with E-state index in [9.17, 15) is 4.39 Å². The molecule has 1 aromatic carbocycles. The van der Waals surface area contributed by atoms with Crippen molar-refractivity contribution in [3.8, 4) is 6.07 Å². The van der Waals surface area contributed by atoms with E-state index < -0.39 is 0 Å². The fraction of sp³-hybridized carbons (Fsp3) is 0.417. The minimum absolute atomic E-state index is 0.313. The molecule has 0 spiro atoms. The van der Waals surface area contributed by atoms with Crippen LogP contribution in [0.1, 0.15) is 24.0 Å². The highest BCUT2D eigenvalue weighted by Gasteiger charge is 2.21. The number of nitriles is 1. The number of anilines is 1. The van der Waals surface area contributed by atoms with Gasteiger partial charge in [0, 0.05) is 17.8 Å². The van der Waals surface area contributed by atoms with E-state index >= 15 is 0 Å². The van der Waals surface area contributed by atoms with Crippen LogP contribution in [0.15, 0.2) is 12.1 Å². The number of hydrogen-bond donors (Lipinski definition) is 1. The summed E-state index contributed by atoms with van der Waals surface area (Å²) in [6.07, 6.45) is 2.51. The third-order valence-corrected chi connectivity index (χ3v) is 2.75. The molecule has 0 heterocycles. The highest BCUT2D eigenvalue weighted by atomic mass is 19.1. The second-order valence-corrected chi connectivity index (χ2v) is 4.07. The van der Waals surface area contributed by atoms with Crippen molar-refractivity contribution in [1.29, 1.82) is 5.26 Å². The Balaban J connectivity index is 2.19. The highest BCUT2D eigenvalue weighted by molar-refractivity contribution is 5.55. The molecule has 0 bridgehead atoms. The molecule has 78 valence electrons. The lowest BCUT2D eigenvalue weighted by Gasteiger charge is -2.09. The van der Waals surface area contributed by atoms with E-state index in [1.807, 2.05) is 6.07 Å². The maximum Gasteiger partial charge on any atom is 0.129 e. The quantitative estimate of drug-likeness (QED) is 0.821. The lowest BCUT2D eigenvalue weighted by molar-refractivity contribution is 0.618. The van der Waals surface area contributed by atoms with Crippen LogP contribution < -0.4 is 5.32 Å². The summed E-state index contributed by atoms with van der Waals surface area (Å²) in [5.74, 6) is 0.422. The van der Waals surface area contributed by atoms with Crippen LogP contribution in [0.2, 0.25) is 0 Å². The second-order valence-electron chi connectivity index (χ2n) is 4.07. The van der Waals surface area contributed by atoms with Crippen LogP contribution in [-0.4, -0.2) is 6.54 Å². The number of nitrogens with zero attached hydrogens (tertiary/aromatic N) is 1. The van der Waals surface area contributed by atoms with E-state index in [0.717, 1.165) is 18.2 Å². The molecule has 0 aliphatic heterocycles. The Kier molecular flexibility index (Phi) is 2.59. The van der Waals surface area contributed by atoms with E-state index in [4.69, 9.17) is 5.26 Å². The zero-order chi connectivity index (χ0) is 10.8. The van der Waals surface area contributed by atoms with Gasteiger partial charge in [0.1, 0.15) is 5.82 Å². The summed E-state index contributed by atoms with van der Waals surface area (Å²) < 4.78 is 13.4. The van der Waals surface area contributed by atoms with E-state index in [0.29, 0.717) is 11.1 Å². The van der Waals surface area contributed by atoms with E-state index in [1.165, 1.54) is 18.9 Å². The van der Waals surface area contributed by atoms with Crippen LogP contribution in [0.5, 0.6) is 0 Å². The van der Waals surface area contributed by atoms with E-state index in [2.05, 4.69) is 5.32 Å². The molecule has 0 unspecified atom stereocenters. The monoisotopic (exact) mass is 204 g/mol. The molecule has 1 N–H and O–H groups in total. The van der Waals surface area contributed by atoms with Crippen molar-refractivity contribution >= 4 is 5.69 Å². The fourth-order valence-electron chi connectivity index (χ4n) is 1.50. The molecule has 2 nitrogen and oxygen atoms in total. The molecule has 1 fully saturated rings. The summed E-state index contributed by atoms with van der Waals surface area (Å²) >= 11 is 0. The number of halogens is 1. The maximum absolute atomic E-state index is 13.4. The Morgan fingerprint density at radius 1 is 1.53 bits per heavy atom. The highest BCUT2D eigenvalue weighted by Crippen LogP contribution is 2.30. The predicted molar refractivity (Wildman–Crippen MR) is 57.1 cm³/mol. The Labute approximate surface area is 88.7 Å². The van der Waals surface area contributed by atoms with Crippen LogP contribution in [-0.2, 0) is 0 Å². The molecule has 1 aliphatic rings. The molecule has 0 atom stereocenters. The van der Waals surface area contributed by atoms with E-state index in [-0.39, 0.29) is 5.82 Å². The van der Waals surface area contributed by atoms with Gasteiger partial charge in [0.15, 0.2) is 0 Å². The lowest BCUT2D eigenvalue weighted by atomic mass is 10.1. The summed E-state index contributed by atoms with van der Waals surface area (Å²) in [6.45, 7) is 2.61. The summed E-state index contributed by atoms with van der Waals surface area (Å²) in [5.41, 5.74) is 1.71. The van der Waals surface area contributed by atoms with Gasteiger partial charge in [-0.2, -0.15) is 5.26 Å². The normalized spacial score (nSPS) is 14.7. The Hall–Kier alpha value is -1.56. The first kappa shape index (κ1) is 9.97. The Morgan fingerprint density at radius 3 is 2.87 bits per heavy atom. The maximum atomic E-state index is 13.4. The minimum Gasteiger partial charge on any atom is -0.384 e. The topological polar surface area (TPSA) is 35.8 Å². The molecule has 0 amide bonds. The molecular formula is C12H13FN2. The van der Waals surface area contributed by atoms with Crippen molar-refractivity contribution in [2.45, 2.75) is 19.8 Å². The van der Waals surface area contributed by atoms with Gasteiger partial charge in [-0.05, 0) is 37.8 Å². The molecular weight excluding hydrogens is 191 g/mol. The van der Waals surface area contributed by atoms with Gasteiger partial charge in [-0.1, -0.05) is 0 Å². The first-order valence-corrected chi connectivity index (χ1v) is 5.15. The largest absolute Gasteiger partial charge is 0.384 e. The number of hydrogen-bond acceptors (Lipinski definition) is 2. The average Bonchev–Trinajstić information content (AvgIpc) is 3.03. The van der Waals surface area contributed by atoms with Crippen LogP contribution in [0, 0.1) is 30.0 Å². The first-order valence-electron chi connectivity index (χ1n) is 5.15. The van der Waals surface area contributed by atoms with Gasteiger partial charge in [-0.25, -0.2) is 4.39 Å². The van der Waals surface area contributed by atoms with Crippen molar-refractivity contribution in [3.05, 3.63) is 29.1 Å². The van der Waals surface area contributed by atoms with E-state index in [1.54, 1.807) is 13.0 Å². The molecule has 0 saturated heterocycles. The molecule has 0 aromatic heterocycles. The molecule has 3 heteroatoms. The molecule has 2 rings (SSSR count). The van der Waals surface area contributed by atoms with Crippen molar-refractivity contribution in [3.63, 3.8) is 0 Å². The Morgan fingerprint density at radius 2 is 2.27 bits per heavy atom. The van der Waals surface area contributed by atoms with Crippen molar-refractivity contribution in [2.24, 2.45) is 5.92 Å². The third-order valence-electron chi connectivity index (χ3n) is 2.75. The molecule has 15 heavy (non-hydrogen) atoms. The van der Waals surface area contributed by atoms with Crippen LogP contribution in [0.4, 0.5) is 10.1 Å². The van der Waals surface area contributed by atoms with Crippen LogP contribution in [0.25, 0.3) is 0 Å². The summed E-state index contributed by atoms with van der Waals surface area (Å²) in [4.78, 5) is 0. The second kappa shape index (κ2) is 3.90. The number of rotatable bonds is 3. The molecule has 1 saturated carbocycles. The third kappa shape index (κ3) is 2.27. The van der Waals surface area contributed by atoms with Gasteiger partial charge in [0.05, 0.1) is 11.6 Å². The standard InChI is InChI=1S/C12H13FN2/c1-8-11(13)4-10(6-14)5-12(8)15-7-9-2-3-9/h4-5,9,15H,2-3,7H2,1H3. The van der Waals surface area contributed by atoms with Gasteiger partial charge >= 0.3 is 0 Å². The number of benzene rings is 1. The van der Waals surface area contributed by atoms with Crippen LogP contribution in [0.3, 0.4) is 0 Å². The van der Waals surface area contributed by atoms with Gasteiger partial charge < -0.3 is 5.32 Å². The molecule has 0 radical (unpaired) electrons. The average molecular weight is 204 g/mol. The molecule has 1 aliphatic carbocycles. The van der Waals surface area contributed by atoms with Gasteiger partial charge in [0.25, 0.3) is 0 Å². The minimum atomic E-state index is -0.313. The Bertz CT molecular complexity index is 416. The lowest BCUT2D eigenvalue weighted by Crippen LogP contribution is -2.05. The smallest absolute Gasteiger partial charge is 0.129 e. The van der Waals surface area contributed by atoms with Crippen molar-refractivity contribution in [2.75, 3.05) is 11.9 Å². The first-order chi connectivity index (χ1) is 7.20. The predicted octanol–water partition coefficient (Wildman–Crippen LogP) is 2.83. The summed E-state index contributed by atoms with van der Waals surface area (Å²) in [5, 5.41) is 11.9. The summed E-state index contributed by atoms with van der Waals surface area (Å²) in [6, 6.07) is 4.94. The van der Waals surface area contributed by atoms with Crippen molar-refractivity contribution in [1.82, 2.24) is 0 Å². The fourth-order valence-corrected chi connectivity index (χ4v) is 1.50. The van der Waals surface area contributed by atoms with Gasteiger partial charge in [-0.15, -0.1) is 0 Å². The van der Waals surface area contributed by atoms with Gasteiger partial charge in [0.2, 0.25) is 0 Å². The summed E-state index contributed by atoms with van der Waals surface area (Å²) in [7, 11) is 0. The zero-order valence-corrected chi connectivity index (χ0v) is 8.68. The number of nitrogens with one attached hydrogen (secondary N) is 1.